The van der Waals surface area contributed by atoms with E-state index in [1.54, 1.807) is 0 Å². The maximum Gasteiger partial charge on any atom is 0.324 e. The summed E-state index contributed by atoms with van der Waals surface area (Å²) in [7, 11) is 0. The molecule has 23 heavy (non-hydrogen) atoms. The maximum atomic E-state index is 11.0. The number of halogens is 2. The van der Waals surface area contributed by atoms with Gasteiger partial charge in [-0.3, -0.25) is 15.0 Å². The molecule has 1 saturated heterocycles. The molecule has 1 N–H and O–H groups in total. The SMILES string of the molecule is Cl.Cl.O=[N+]([O-])c1cc([C@H](C2CCCCC2)N2CCNCC2)cs1. The van der Waals surface area contributed by atoms with E-state index in [0.717, 1.165) is 26.2 Å². The third-order valence-electron chi connectivity index (χ3n) is 4.77. The van der Waals surface area contributed by atoms with Gasteiger partial charge in [0.15, 0.2) is 0 Å². The van der Waals surface area contributed by atoms with Gasteiger partial charge in [-0.25, -0.2) is 0 Å². The molecule has 1 aliphatic carbocycles. The molecule has 1 atom stereocenters. The van der Waals surface area contributed by atoms with E-state index in [-0.39, 0.29) is 34.7 Å². The zero-order valence-electron chi connectivity index (χ0n) is 13.1. The molecule has 0 bridgehead atoms. The second-order valence-corrected chi connectivity index (χ2v) is 6.99. The first kappa shape index (κ1) is 20.6. The predicted molar refractivity (Wildman–Crippen MR) is 99.2 cm³/mol. The van der Waals surface area contributed by atoms with Crippen molar-refractivity contribution in [2.24, 2.45) is 5.92 Å². The average molecular weight is 382 g/mol. The molecule has 1 aromatic heterocycles. The van der Waals surface area contributed by atoms with E-state index in [2.05, 4.69) is 10.2 Å². The normalized spacial score (nSPS) is 21.0. The van der Waals surface area contributed by atoms with Crippen LogP contribution in [0.4, 0.5) is 5.00 Å². The third-order valence-corrected chi connectivity index (χ3v) is 5.67. The van der Waals surface area contributed by atoms with E-state index < -0.39 is 0 Å². The van der Waals surface area contributed by atoms with Gasteiger partial charge in [0, 0.05) is 43.7 Å². The minimum absolute atomic E-state index is 0. The highest BCUT2D eigenvalue weighted by molar-refractivity contribution is 7.13. The Balaban J connectivity index is 0.00000132. The van der Waals surface area contributed by atoms with Gasteiger partial charge in [0.25, 0.3) is 0 Å². The van der Waals surface area contributed by atoms with Gasteiger partial charge >= 0.3 is 5.00 Å². The van der Waals surface area contributed by atoms with Gasteiger partial charge in [0.05, 0.1) is 4.92 Å². The van der Waals surface area contributed by atoms with E-state index in [1.165, 1.54) is 49.0 Å². The highest BCUT2D eigenvalue weighted by atomic mass is 35.5. The number of nitro groups is 1. The second-order valence-electron chi connectivity index (χ2n) is 6.10. The Morgan fingerprint density at radius 2 is 1.87 bits per heavy atom. The number of hydrogen-bond donors (Lipinski definition) is 1. The topological polar surface area (TPSA) is 58.4 Å². The van der Waals surface area contributed by atoms with Crippen molar-refractivity contribution in [3.8, 4) is 0 Å². The Labute approximate surface area is 153 Å². The van der Waals surface area contributed by atoms with Crippen molar-refractivity contribution in [3.63, 3.8) is 0 Å². The first-order valence-corrected chi connectivity index (χ1v) is 8.81. The van der Waals surface area contributed by atoms with E-state index >= 15 is 0 Å². The van der Waals surface area contributed by atoms with Crippen molar-refractivity contribution < 1.29 is 4.92 Å². The molecule has 0 radical (unpaired) electrons. The number of piperazine rings is 1. The van der Waals surface area contributed by atoms with Gasteiger partial charge in [-0.2, -0.15) is 0 Å². The lowest BCUT2D eigenvalue weighted by Crippen LogP contribution is -2.47. The molecule has 0 amide bonds. The van der Waals surface area contributed by atoms with E-state index in [0.29, 0.717) is 12.0 Å². The highest BCUT2D eigenvalue weighted by Gasteiger charge is 2.32. The van der Waals surface area contributed by atoms with E-state index in [4.69, 9.17) is 0 Å². The van der Waals surface area contributed by atoms with Crippen molar-refractivity contribution in [2.45, 2.75) is 38.1 Å². The zero-order valence-corrected chi connectivity index (χ0v) is 15.6. The summed E-state index contributed by atoms with van der Waals surface area (Å²) in [5, 5.41) is 16.7. The minimum Gasteiger partial charge on any atom is -0.314 e. The lowest BCUT2D eigenvalue weighted by molar-refractivity contribution is -0.380. The quantitative estimate of drug-likeness (QED) is 0.631. The predicted octanol–water partition coefficient (Wildman–Crippen LogP) is 4.03. The monoisotopic (exact) mass is 381 g/mol. The summed E-state index contributed by atoms with van der Waals surface area (Å²) in [4.78, 5) is 13.3. The van der Waals surface area contributed by atoms with Crippen molar-refractivity contribution in [1.29, 1.82) is 0 Å². The fourth-order valence-electron chi connectivity index (χ4n) is 3.78. The van der Waals surface area contributed by atoms with Gasteiger partial charge in [-0.1, -0.05) is 30.6 Å². The Morgan fingerprint density at radius 3 is 2.43 bits per heavy atom. The molecule has 2 heterocycles. The van der Waals surface area contributed by atoms with Crippen LogP contribution in [0, 0.1) is 16.0 Å². The average Bonchev–Trinajstić information content (AvgIpc) is 3.00. The maximum absolute atomic E-state index is 11.0. The van der Waals surface area contributed by atoms with Gasteiger partial charge in [-0.05, 0) is 24.3 Å². The Hall–Kier alpha value is -0.400. The van der Waals surface area contributed by atoms with Crippen LogP contribution in [0.3, 0.4) is 0 Å². The highest BCUT2D eigenvalue weighted by Crippen LogP contribution is 2.41. The molecule has 1 aromatic rings. The molecule has 132 valence electrons. The standard InChI is InChI=1S/C15H23N3O2S.2ClH/c19-18(20)14-10-13(11-21-14)15(12-4-2-1-3-5-12)17-8-6-16-7-9-17;;/h10-12,15-16H,1-9H2;2*1H/t15-;;/m0../s1. The summed E-state index contributed by atoms with van der Waals surface area (Å²) in [5.41, 5.74) is 1.17. The van der Waals surface area contributed by atoms with Crippen molar-refractivity contribution in [2.75, 3.05) is 26.2 Å². The minimum atomic E-state index is -0.260. The molecule has 3 rings (SSSR count). The largest absolute Gasteiger partial charge is 0.324 e. The number of thiophene rings is 1. The zero-order chi connectivity index (χ0) is 14.7. The molecule has 2 fully saturated rings. The Kier molecular flexibility index (Phi) is 8.79. The molecule has 5 nitrogen and oxygen atoms in total. The van der Waals surface area contributed by atoms with Crippen LogP contribution in [0.5, 0.6) is 0 Å². The van der Waals surface area contributed by atoms with Gasteiger partial charge in [-0.15, -0.1) is 24.8 Å². The Bertz CT molecular complexity index is 471. The van der Waals surface area contributed by atoms with Crippen LogP contribution in [0.25, 0.3) is 0 Å². The molecule has 2 aliphatic rings. The molecular weight excluding hydrogens is 357 g/mol. The fourth-order valence-corrected chi connectivity index (χ4v) is 4.54. The summed E-state index contributed by atoms with van der Waals surface area (Å²) in [6.45, 7) is 4.14. The number of hydrogen-bond acceptors (Lipinski definition) is 5. The number of nitrogens with zero attached hydrogens (tertiary/aromatic N) is 2. The number of nitrogens with one attached hydrogen (secondary N) is 1. The van der Waals surface area contributed by atoms with Gasteiger partial charge in [0.2, 0.25) is 0 Å². The smallest absolute Gasteiger partial charge is 0.314 e. The molecule has 0 unspecified atom stereocenters. The van der Waals surface area contributed by atoms with Gasteiger partial charge < -0.3 is 5.32 Å². The van der Waals surface area contributed by atoms with Crippen LogP contribution < -0.4 is 5.32 Å². The van der Waals surface area contributed by atoms with Crippen LogP contribution in [0.2, 0.25) is 0 Å². The second kappa shape index (κ2) is 9.79. The molecule has 1 saturated carbocycles. The molecular formula is C15H25Cl2N3O2S. The summed E-state index contributed by atoms with van der Waals surface area (Å²) in [5.74, 6) is 0.658. The first-order chi connectivity index (χ1) is 10.3. The van der Waals surface area contributed by atoms with Gasteiger partial charge in [0.1, 0.15) is 0 Å². The first-order valence-electron chi connectivity index (χ1n) is 7.93. The Morgan fingerprint density at radius 1 is 1.22 bits per heavy atom. The van der Waals surface area contributed by atoms with Crippen molar-refractivity contribution in [1.82, 2.24) is 10.2 Å². The summed E-state index contributed by atoms with van der Waals surface area (Å²) in [6, 6.07) is 2.18. The van der Waals surface area contributed by atoms with Crippen LogP contribution >= 0.6 is 36.2 Å². The summed E-state index contributed by atoms with van der Waals surface area (Å²) >= 11 is 1.27. The molecule has 8 heteroatoms. The lowest BCUT2D eigenvalue weighted by atomic mass is 9.81. The van der Waals surface area contributed by atoms with Crippen LogP contribution in [0.1, 0.15) is 43.7 Å². The lowest BCUT2D eigenvalue weighted by Gasteiger charge is -2.40. The van der Waals surface area contributed by atoms with Crippen LogP contribution in [0.15, 0.2) is 11.4 Å². The van der Waals surface area contributed by atoms with Crippen molar-refractivity contribution >= 4 is 41.2 Å². The molecule has 1 aliphatic heterocycles. The molecule has 0 spiro atoms. The summed E-state index contributed by atoms with van der Waals surface area (Å²) < 4.78 is 0. The van der Waals surface area contributed by atoms with Crippen LogP contribution in [-0.4, -0.2) is 36.0 Å². The van der Waals surface area contributed by atoms with E-state index in [1.807, 2.05) is 11.4 Å². The number of rotatable bonds is 4. The van der Waals surface area contributed by atoms with E-state index in [9.17, 15) is 10.1 Å². The fraction of sp³-hybridized carbons (Fsp3) is 0.733. The molecule has 0 aromatic carbocycles. The third kappa shape index (κ3) is 5.03. The summed E-state index contributed by atoms with van der Waals surface area (Å²) in [6.07, 6.45) is 6.48. The van der Waals surface area contributed by atoms with Crippen molar-refractivity contribution in [3.05, 3.63) is 27.1 Å². The van der Waals surface area contributed by atoms with Crippen LogP contribution in [-0.2, 0) is 0 Å².